The van der Waals surface area contributed by atoms with Crippen molar-refractivity contribution in [3.05, 3.63) is 30.1 Å². The van der Waals surface area contributed by atoms with E-state index >= 15 is 0 Å². The van der Waals surface area contributed by atoms with Crippen molar-refractivity contribution in [2.75, 3.05) is 20.1 Å². The Hall–Kier alpha value is -1.43. The van der Waals surface area contributed by atoms with Crippen LogP contribution in [0.1, 0.15) is 5.56 Å². The molecule has 0 radical (unpaired) electrons. The number of hydrogen-bond acceptors (Lipinski definition) is 4. The molecular formula is C13H21N5. The SMILES string of the molecule is CN(Cc1ccc2c(c1)ncn2C)CC(N)CN. The van der Waals surface area contributed by atoms with Gasteiger partial charge in [-0.1, -0.05) is 6.07 Å². The highest BCUT2D eigenvalue weighted by Gasteiger charge is 2.07. The zero-order valence-corrected chi connectivity index (χ0v) is 11.0. The lowest BCUT2D eigenvalue weighted by Crippen LogP contribution is -2.40. The molecule has 0 aliphatic rings. The lowest BCUT2D eigenvalue weighted by Gasteiger charge is -2.20. The summed E-state index contributed by atoms with van der Waals surface area (Å²) in [4.78, 5) is 6.55. The summed E-state index contributed by atoms with van der Waals surface area (Å²) in [6.45, 7) is 2.18. The minimum atomic E-state index is 0.0357. The topological polar surface area (TPSA) is 73.1 Å². The van der Waals surface area contributed by atoms with Crippen LogP contribution in [-0.4, -0.2) is 40.6 Å². The van der Waals surface area contributed by atoms with E-state index in [1.165, 1.54) is 5.56 Å². The van der Waals surface area contributed by atoms with Crippen LogP contribution in [-0.2, 0) is 13.6 Å². The van der Waals surface area contributed by atoms with E-state index in [1.807, 2.05) is 17.9 Å². The van der Waals surface area contributed by atoms with E-state index in [0.717, 1.165) is 24.1 Å². The summed E-state index contributed by atoms with van der Waals surface area (Å²) in [6, 6.07) is 6.40. The van der Waals surface area contributed by atoms with Gasteiger partial charge in [0, 0.05) is 32.7 Å². The average Bonchev–Trinajstić information content (AvgIpc) is 2.70. The van der Waals surface area contributed by atoms with Crippen molar-refractivity contribution in [1.82, 2.24) is 14.5 Å². The molecule has 2 aromatic rings. The summed E-state index contributed by atoms with van der Waals surface area (Å²) >= 11 is 0. The number of benzene rings is 1. The van der Waals surface area contributed by atoms with Crippen molar-refractivity contribution in [2.24, 2.45) is 18.5 Å². The fourth-order valence-corrected chi connectivity index (χ4v) is 2.13. The van der Waals surface area contributed by atoms with E-state index < -0.39 is 0 Å². The molecule has 2 rings (SSSR count). The summed E-state index contributed by atoms with van der Waals surface area (Å²) in [5.74, 6) is 0. The van der Waals surface area contributed by atoms with Crippen molar-refractivity contribution in [2.45, 2.75) is 12.6 Å². The fraction of sp³-hybridized carbons (Fsp3) is 0.462. The van der Waals surface area contributed by atoms with E-state index in [0.29, 0.717) is 6.54 Å². The number of hydrogen-bond donors (Lipinski definition) is 2. The number of imidazole rings is 1. The molecule has 0 bridgehead atoms. The Bertz CT molecular complexity index is 519. The summed E-state index contributed by atoms with van der Waals surface area (Å²) < 4.78 is 2.02. The first-order chi connectivity index (χ1) is 8.60. The lowest BCUT2D eigenvalue weighted by molar-refractivity contribution is 0.305. The Balaban J connectivity index is 2.07. The van der Waals surface area contributed by atoms with Crippen molar-refractivity contribution >= 4 is 11.0 Å². The third-order valence-corrected chi connectivity index (χ3v) is 3.09. The number of likely N-dealkylation sites (N-methyl/N-ethyl adjacent to an activating group) is 1. The molecule has 1 aromatic heterocycles. The minimum absolute atomic E-state index is 0.0357. The van der Waals surface area contributed by atoms with Gasteiger partial charge in [0.2, 0.25) is 0 Å². The zero-order chi connectivity index (χ0) is 13.1. The maximum Gasteiger partial charge on any atom is 0.0955 e. The van der Waals surface area contributed by atoms with Crippen LogP contribution in [0.2, 0.25) is 0 Å². The number of aromatic nitrogens is 2. The van der Waals surface area contributed by atoms with Gasteiger partial charge in [-0.05, 0) is 24.7 Å². The molecule has 5 nitrogen and oxygen atoms in total. The van der Waals surface area contributed by atoms with Crippen LogP contribution in [0.25, 0.3) is 11.0 Å². The number of fused-ring (bicyclic) bond motifs is 1. The first-order valence-electron chi connectivity index (χ1n) is 6.14. The smallest absolute Gasteiger partial charge is 0.0955 e. The molecule has 0 spiro atoms. The zero-order valence-electron chi connectivity index (χ0n) is 11.0. The molecule has 0 saturated carbocycles. The van der Waals surface area contributed by atoms with Crippen molar-refractivity contribution < 1.29 is 0 Å². The Labute approximate surface area is 107 Å². The molecule has 1 heterocycles. The van der Waals surface area contributed by atoms with E-state index in [2.05, 4.69) is 35.1 Å². The molecule has 0 amide bonds. The van der Waals surface area contributed by atoms with E-state index in [9.17, 15) is 0 Å². The van der Waals surface area contributed by atoms with Gasteiger partial charge >= 0.3 is 0 Å². The molecule has 1 aromatic carbocycles. The predicted octanol–water partition coefficient (Wildman–Crippen LogP) is 0.291. The maximum atomic E-state index is 5.84. The first-order valence-corrected chi connectivity index (χ1v) is 6.14. The Morgan fingerprint density at radius 2 is 2.22 bits per heavy atom. The normalized spacial score (nSPS) is 13.4. The molecule has 0 fully saturated rings. The fourth-order valence-electron chi connectivity index (χ4n) is 2.13. The molecule has 4 N–H and O–H groups in total. The maximum absolute atomic E-state index is 5.84. The van der Waals surface area contributed by atoms with Gasteiger partial charge in [0.15, 0.2) is 0 Å². The van der Waals surface area contributed by atoms with Crippen LogP contribution in [0.3, 0.4) is 0 Å². The van der Waals surface area contributed by atoms with Crippen molar-refractivity contribution in [3.63, 3.8) is 0 Å². The summed E-state index contributed by atoms with van der Waals surface area (Å²) in [6.07, 6.45) is 1.84. The lowest BCUT2D eigenvalue weighted by atomic mass is 10.2. The van der Waals surface area contributed by atoms with E-state index in [-0.39, 0.29) is 6.04 Å². The van der Waals surface area contributed by atoms with Crippen molar-refractivity contribution in [3.8, 4) is 0 Å². The van der Waals surface area contributed by atoms with E-state index in [1.54, 1.807) is 0 Å². The molecular weight excluding hydrogens is 226 g/mol. The Morgan fingerprint density at radius 1 is 1.44 bits per heavy atom. The highest BCUT2D eigenvalue weighted by atomic mass is 15.1. The van der Waals surface area contributed by atoms with Crippen LogP contribution in [0.5, 0.6) is 0 Å². The molecule has 98 valence electrons. The van der Waals surface area contributed by atoms with Gasteiger partial charge in [-0.25, -0.2) is 4.98 Å². The van der Waals surface area contributed by atoms with Crippen LogP contribution in [0, 0.1) is 0 Å². The average molecular weight is 247 g/mol. The molecule has 1 atom stereocenters. The third-order valence-electron chi connectivity index (χ3n) is 3.09. The molecule has 5 heteroatoms. The van der Waals surface area contributed by atoms with Crippen LogP contribution in [0.4, 0.5) is 0 Å². The largest absolute Gasteiger partial charge is 0.334 e. The number of aryl methyl sites for hydroxylation is 1. The molecule has 18 heavy (non-hydrogen) atoms. The Morgan fingerprint density at radius 3 is 2.94 bits per heavy atom. The van der Waals surface area contributed by atoms with Gasteiger partial charge in [0.25, 0.3) is 0 Å². The number of nitrogens with two attached hydrogens (primary N) is 2. The molecule has 0 aliphatic carbocycles. The van der Waals surface area contributed by atoms with Gasteiger partial charge in [0.1, 0.15) is 0 Å². The van der Waals surface area contributed by atoms with Crippen LogP contribution in [0.15, 0.2) is 24.5 Å². The second-order valence-corrected chi connectivity index (χ2v) is 4.87. The standard InChI is InChI=1S/C13H21N5/c1-17(8-11(15)6-14)7-10-3-4-13-12(5-10)16-9-18(13)2/h3-5,9,11H,6-8,14-15H2,1-2H3. The molecule has 0 aliphatic heterocycles. The van der Waals surface area contributed by atoms with Crippen LogP contribution < -0.4 is 11.5 Å². The highest BCUT2D eigenvalue weighted by molar-refractivity contribution is 5.75. The minimum Gasteiger partial charge on any atom is -0.334 e. The van der Waals surface area contributed by atoms with Gasteiger partial charge in [-0.2, -0.15) is 0 Å². The molecule has 1 unspecified atom stereocenters. The highest BCUT2D eigenvalue weighted by Crippen LogP contribution is 2.14. The quantitative estimate of drug-likeness (QED) is 0.796. The third kappa shape index (κ3) is 2.87. The Kier molecular flexibility index (Phi) is 3.96. The second kappa shape index (κ2) is 5.48. The monoisotopic (exact) mass is 247 g/mol. The summed E-state index contributed by atoms with van der Waals surface area (Å²) in [5, 5.41) is 0. The van der Waals surface area contributed by atoms with Gasteiger partial charge < -0.3 is 20.9 Å². The predicted molar refractivity (Wildman–Crippen MR) is 74.1 cm³/mol. The van der Waals surface area contributed by atoms with Gasteiger partial charge in [0.05, 0.1) is 17.4 Å². The van der Waals surface area contributed by atoms with Crippen LogP contribution >= 0.6 is 0 Å². The second-order valence-electron chi connectivity index (χ2n) is 4.87. The van der Waals surface area contributed by atoms with Gasteiger partial charge in [-0.3, -0.25) is 0 Å². The summed E-state index contributed by atoms with van der Waals surface area (Å²) in [7, 11) is 4.06. The van der Waals surface area contributed by atoms with E-state index in [4.69, 9.17) is 11.5 Å². The molecule has 0 saturated heterocycles. The van der Waals surface area contributed by atoms with Crippen molar-refractivity contribution in [1.29, 1.82) is 0 Å². The number of nitrogens with zero attached hydrogens (tertiary/aromatic N) is 3. The van der Waals surface area contributed by atoms with Gasteiger partial charge in [-0.15, -0.1) is 0 Å². The number of rotatable bonds is 5. The first kappa shape index (κ1) is 13.0. The summed E-state index contributed by atoms with van der Waals surface area (Å²) in [5.41, 5.74) is 14.8.